The maximum absolute atomic E-state index is 9.18. The Kier molecular flexibility index (Phi) is 2.63. The second-order valence-corrected chi connectivity index (χ2v) is 5.15. The van der Waals surface area contributed by atoms with Gasteiger partial charge in [-0.3, -0.25) is 0 Å². The molecule has 3 heteroatoms. The van der Waals surface area contributed by atoms with Crippen LogP contribution in [0.25, 0.3) is 5.57 Å². The number of allylic oxidation sites excluding steroid dienone is 1. The molecule has 0 radical (unpaired) electrons. The van der Waals surface area contributed by atoms with Gasteiger partial charge >= 0.3 is 0 Å². The number of hydrogen-bond acceptors (Lipinski definition) is 3. The fourth-order valence-electron chi connectivity index (χ4n) is 2.99. The SMILES string of the molecule is Oc1ccc(C2=CCC3(CCCN3)CC2)cn1. The molecule has 90 valence electrons. The summed E-state index contributed by atoms with van der Waals surface area (Å²) in [5.74, 6) is 0.0964. The van der Waals surface area contributed by atoms with Crippen molar-refractivity contribution in [3.05, 3.63) is 30.0 Å². The normalized spacial score (nSPS) is 28.4. The molecule has 2 heterocycles. The van der Waals surface area contributed by atoms with Crippen LogP contribution in [0.1, 0.15) is 37.7 Å². The molecule has 0 bridgehead atoms. The molecule has 1 spiro atoms. The average Bonchev–Trinajstić information content (AvgIpc) is 2.80. The highest BCUT2D eigenvalue weighted by Crippen LogP contribution is 2.37. The first-order valence-corrected chi connectivity index (χ1v) is 6.37. The molecule has 2 N–H and O–H groups in total. The summed E-state index contributed by atoms with van der Waals surface area (Å²) in [6.07, 6.45) is 10.2. The van der Waals surface area contributed by atoms with Crippen LogP contribution in [0.4, 0.5) is 0 Å². The van der Waals surface area contributed by atoms with Crippen LogP contribution in [-0.2, 0) is 0 Å². The zero-order chi connectivity index (χ0) is 11.7. The van der Waals surface area contributed by atoms with Crippen LogP contribution < -0.4 is 5.32 Å². The van der Waals surface area contributed by atoms with Gasteiger partial charge in [0.25, 0.3) is 0 Å². The van der Waals surface area contributed by atoms with Gasteiger partial charge in [0.15, 0.2) is 0 Å². The number of rotatable bonds is 1. The second-order valence-electron chi connectivity index (χ2n) is 5.15. The minimum atomic E-state index is 0.0964. The van der Waals surface area contributed by atoms with E-state index in [-0.39, 0.29) is 5.88 Å². The van der Waals surface area contributed by atoms with Crippen molar-refractivity contribution in [2.45, 2.75) is 37.6 Å². The summed E-state index contributed by atoms with van der Waals surface area (Å²) in [5.41, 5.74) is 2.90. The molecule has 2 aliphatic rings. The summed E-state index contributed by atoms with van der Waals surface area (Å²) in [4.78, 5) is 3.94. The highest BCUT2D eigenvalue weighted by atomic mass is 16.3. The van der Waals surface area contributed by atoms with Crippen LogP contribution >= 0.6 is 0 Å². The van der Waals surface area contributed by atoms with Crippen LogP contribution in [0.15, 0.2) is 24.4 Å². The van der Waals surface area contributed by atoms with Crippen molar-refractivity contribution in [3.8, 4) is 5.88 Å². The minimum absolute atomic E-state index is 0.0964. The number of aromatic nitrogens is 1. The second kappa shape index (κ2) is 4.15. The van der Waals surface area contributed by atoms with Crippen molar-refractivity contribution >= 4 is 5.57 Å². The summed E-state index contributed by atoms with van der Waals surface area (Å²) in [7, 11) is 0. The first kappa shape index (κ1) is 10.8. The van der Waals surface area contributed by atoms with Gasteiger partial charge < -0.3 is 10.4 Å². The van der Waals surface area contributed by atoms with Gasteiger partial charge in [0.1, 0.15) is 0 Å². The molecule has 1 aliphatic carbocycles. The third-order valence-electron chi connectivity index (χ3n) is 4.06. The molecule has 1 aliphatic heterocycles. The van der Waals surface area contributed by atoms with E-state index in [4.69, 9.17) is 0 Å². The van der Waals surface area contributed by atoms with Crippen molar-refractivity contribution < 1.29 is 5.11 Å². The van der Waals surface area contributed by atoms with E-state index in [1.165, 1.54) is 31.4 Å². The van der Waals surface area contributed by atoms with Gasteiger partial charge in [-0.15, -0.1) is 0 Å². The van der Waals surface area contributed by atoms with E-state index in [1.807, 2.05) is 6.07 Å². The molecule has 17 heavy (non-hydrogen) atoms. The lowest BCUT2D eigenvalue weighted by Gasteiger charge is -2.33. The Morgan fingerprint density at radius 3 is 2.82 bits per heavy atom. The van der Waals surface area contributed by atoms with E-state index < -0.39 is 0 Å². The van der Waals surface area contributed by atoms with Crippen LogP contribution in [0.2, 0.25) is 0 Å². The number of hydrogen-bond donors (Lipinski definition) is 2. The van der Waals surface area contributed by atoms with Crippen LogP contribution in [0, 0.1) is 0 Å². The van der Waals surface area contributed by atoms with Crippen molar-refractivity contribution in [1.82, 2.24) is 10.3 Å². The smallest absolute Gasteiger partial charge is 0.210 e. The summed E-state index contributed by atoms with van der Waals surface area (Å²) in [6.45, 7) is 1.17. The standard InChI is InChI=1S/C14H18N2O/c17-13-3-2-12(10-15-13)11-4-7-14(8-5-11)6-1-9-16-14/h2-4,10,16H,1,5-9H2,(H,15,17). The highest BCUT2D eigenvalue weighted by Gasteiger charge is 2.34. The molecular weight excluding hydrogens is 212 g/mol. The summed E-state index contributed by atoms with van der Waals surface area (Å²) in [5, 5.41) is 12.8. The zero-order valence-electron chi connectivity index (χ0n) is 9.95. The van der Waals surface area contributed by atoms with E-state index in [1.54, 1.807) is 12.3 Å². The fourth-order valence-corrected chi connectivity index (χ4v) is 2.99. The largest absolute Gasteiger partial charge is 0.493 e. The first-order chi connectivity index (χ1) is 8.27. The number of nitrogens with one attached hydrogen (secondary N) is 1. The number of pyridine rings is 1. The summed E-state index contributed by atoms with van der Waals surface area (Å²) >= 11 is 0. The zero-order valence-corrected chi connectivity index (χ0v) is 9.95. The Morgan fingerprint density at radius 2 is 2.24 bits per heavy atom. The van der Waals surface area contributed by atoms with Crippen molar-refractivity contribution in [2.24, 2.45) is 0 Å². The Morgan fingerprint density at radius 1 is 1.29 bits per heavy atom. The molecule has 3 nitrogen and oxygen atoms in total. The molecule has 3 rings (SSSR count). The predicted molar refractivity (Wildman–Crippen MR) is 67.7 cm³/mol. The molecule has 1 saturated heterocycles. The molecule has 1 unspecified atom stereocenters. The van der Waals surface area contributed by atoms with Crippen LogP contribution in [-0.4, -0.2) is 22.2 Å². The van der Waals surface area contributed by atoms with Crippen LogP contribution in [0.5, 0.6) is 5.88 Å². The Bertz CT molecular complexity index is 430. The molecule has 1 atom stereocenters. The van der Waals surface area contributed by atoms with Gasteiger partial charge in [0.2, 0.25) is 5.88 Å². The number of aromatic hydroxyl groups is 1. The Hall–Kier alpha value is -1.35. The number of nitrogens with zero attached hydrogens (tertiary/aromatic N) is 1. The third kappa shape index (κ3) is 2.07. The topological polar surface area (TPSA) is 45.1 Å². The van der Waals surface area contributed by atoms with Gasteiger partial charge in [-0.05, 0) is 55.9 Å². The van der Waals surface area contributed by atoms with Gasteiger partial charge in [-0.1, -0.05) is 6.08 Å². The lowest BCUT2D eigenvalue weighted by Crippen LogP contribution is -2.40. The summed E-state index contributed by atoms with van der Waals surface area (Å²) in [6, 6.07) is 3.61. The van der Waals surface area contributed by atoms with Gasteiger partial charge in [0.05, 0.1) is 0 Å². The minimum Gasteiger partial charge on any atom is -0.493 e. The van der Waals surface area contributed by atoms with Gasteiger partial charge in [-0.2, -0.15) is 0 Å². The molecule has 1 aromatic heterocycles. The quantitative estimate of drug-likeness (QED) is 0.779. The first-order valence-electron chi connectivity index (χ1n) is 6.37. The van der Waals surface area contributed by atoms with Crippen molar-refractivity contribution in [1.29, 1.82) is 0 Å². The van der Waals surface area contributed by atoms with Gasteiger partial charge in [0, 0.05) is 17.8 Å². The lowest BCUT2D eigenvalue weighted by molar-refractivity contribution is 0.347. The highest BCUT2D eigenvalue weighted by molar-refractivity contribution is 5.66. The third-order valence-corrected chi connectivity index (χ3v) is 4.06. The molecule has 0 amide bonds. The fraction of sp³-hybridized carbons (Fsp3) is 0.500. The van der Waals surface area contributed by atoms with E-state index in [0.717, 1.165) is 18.4 Å². The molecule has 1 fully saturated rings. The lowest BCUT2D eigenvalue weighted by atomic mass is 9.80. The molecule has 0 saturated carbocycles. The molecule has 1 aromatic rings. The average molecular weight is 230 g/mol. The Labute approximate surface area is 102 Å². The van der Waals surface area contributed by atoms with Crippen molar-refractivity contribution in [2.75, 3.05) is 6.54 Å². The maximum atomic E-state index is 9.18. The Balaban J connectivity index is 1.78. The van der Waals surface area contributed by atoms with E-state index in [0.29, 0.717) is 5.54 Å². The molecule has 0 aromatic carbocycles. The van der Waals surface area contributed by atoms with Crippen LogP contribution in [0.3, 0.4) is 0 Å². The van der Waals surface area contributed by atoms with Crippen molar-refractivity contribution in [3.63, 3.8) is 0 Å². The monoisotopic (exact) mass is 230 g/mol. The van der Waals surface area contributed by atoms with Gasteiger partial charge in [-0.25, -0.2) is 4.98 Å². The van der Waals surface area contributed by atoms with E-state index >= 15 is 0 Å². The van der Waals surface area contributed by atoms with E-state index in [9.17, 15) is 5.11 Å². The maximum Gasteiger partial charge on any atom is 0.210 e. The predicted octanol–water partition coefficient (Wildman–Crippen LogP) is 2.48. The van der Waals surface area contributed by atoms with E-state index in [2.05, 4.69) is 16.4 Å². The summed E-state index contributed by atoms with van der Waals surface area (Å²) < 4.78 is 0. The molecular formula is C14H18N2O.